The summed E-state index contributed by atoms with van der Waals surface area (Å²) in [5, 5.41) is 0.277. The van der Waals surface area contributed by atoms with Crippen LogP contribution in [0.4, 0.5) is 0 Å². The van der Waals surface area contributed by atoms with Gasteiger partial charge in [-0.2, -0.15) is 0 Å². The molecule has 0 bridgehead atoms. The minimum atomic E-state index is -0.129. The molecule has 0 amide bonds. The lowest BCUT2D eigenvalue weighted by atomic mass is 10.1. The second kappa shape index (κ2) is 2.88. The normalized spacial score (nSPS) is 45.0. The predicted octanol–water partition coefficient (Wildman–Crippen LogP) is 0.428. The van der Waals surface area contributed by atoms with Crippen LogP contribution >= 0.6 is 0 Å². The van der Waals surface area contributed by atoms with E-state index in [-0.39, 0.29) is 14.7 Å². The summed E-state index contributed by atoms with van der Waals surface area (Å²) < 4.78 is 11.1. The van der Waals surface area contributed by atoms with Crippen LogP contribution in [-0.2, 0) is 9.47 Å². The average Bonchev–Trinajstić information content (AvgIpc) is 2.72. The molecule has 3 heteroatoms. The molecule has 2 nitrogen and oxygen atoms in total. The first-order valence-electron chi connectivity index (χ1n) is 4.54. The van der Waals surface area contributed by atoms with Crippen LogP contribution < -0.4 is 0 Å². The Morgan fingerprint density at radius 2 is 2.27 bits per heavy atom. The van der Waals surface area contributed by atoms with Crippen molar-refractivity contribution in [3.05, 3.63) is 0 Å². The molecule has 2 unspecified atom stereocenters. The Kier molecular flexibility index (Phi) is 2.04. The van der Waals surface area contributed by atoms with Crippen molar-refractivity contribution in [1.82, 2.24) is 0 Å². The number of ether oxygens (including phenoxy) is 2. The zero-order chi connectivity index (χ0) is 7.73. The fourth-order valence-corrected chi connectivity index (χ4v) is 3.87. The Labute approximate surface area is 70.1 Å². The van der Waals surface area contributed by atoms with Crippen molar-refractivity contribution in [3.8, 4) is 0 Å². The van der Waals surface area contributed by atoms with E-state index >= 15 is 0 Å². The number of hydrogen-bond donors (Lipinski definition) is 0. The molecule has 0 saturated carbocycles. The quantitative estimate of drug-likeness (QED) is 0.445. The Balaban J connectivity index is 1.84. The lowest BCUT2D eigenvalue weighted by Crippen LogP contribution is -2.41. The van der Waals surface area contributed by atoms with Gasteiger partial charge in [-0.3, -0.25) is 0 Å². The van der Waals surface area contributed by atoms with Gasteiger partial charge in [0, 0.05) is 6.61 Å². The van der Waals surface area contributed by atoms with E-state index in [1.807, 2.05) is 0 Å². The van der Waals surface area contributed by atoms with Gasteiger partial charge in [-0.1, -0.05) is 0 Å². The third-order valence-electron chi connectivity index (χ3n) is 2.61. The van der Waals surface area contributed by atoms with Crippen molar-refractivity contribution in [1.29, 1.82) is 0 Å². The SMILES string of the molecule is CC1([SiH2]C2CO2)CCCCO1. The van der Waals surface area contributed by atoms with E-state index < -0.39 is 0 Å². The van der Waals surface area contributed by atoms with Crippen molar-refractivity contribution < 1.29 is 9.47 Å². The zero-order valence-corrected chi connectivity index (χ0v) is 8.55. The van der Waals surface area contributed by atoms with Crippen molar-refractivity contribution in [2.24, 2.45) is 0 Å². The summed E-state index contributed by atoms with van der Waals surface area (Å²) in [7, 11) is -0.129. The van der Waals surface area contributed by atoms with E-state index in [1.165, 1.54) is 19.3 Å². The zero-order valence-electron chi connectivity index (χ0n) is 7.14. The minimum absolute atomic E-state index is 0.129. The molecule has 2 heterocycles. The molecule has 0 aromatic heterocycles. The molecule has 0 radical (unpaired) electrons. The Morgan fingerprint density at radius 3 is 2.82 bits per heavy atom. The summed E-state index contributed by atoms with van der Waals surface area (Å²) in [6, 6.07) is 0. The van der Waals surface area contributed by atoms with Crippen LogP contribution in [0.1, 0.15) is 26.2 Å². The number of rotatable bonds is 2. The topological polar surface area (TPSA) is 21.8 Å². The van der Waals surface area contributed by atoms with E-state index in [0.717, 1.165) is 13.2 Å². The molecule has 0 aromatic rings. The summed E-state index contributed by atoms with van der Waals surface area (Å²) in [5.41, 5.74) is 0.651. The van der Waals surface area contributed by atoms with Crippen molar-refractivity contribution in [2.75, 3.05) is 13.2 Å². The standard InChI is InChI=1S/C8H16O2Si/c1-8(11-7-6-9-7)4-2-3-5-10-8/h7H,2-6,11H2,1H3. The largest absolute Gasteiger partial charge is 0.379 e. The molecule has 2 atom stereocenters. The van der Waals surface area contributed by atoms with Gasteiger partial charge in [-0.15, -0.1) is 0 Å². The van der Waals surface area contributed by atoms with Crippen LogP contribution in [0.5, 0.6) is 0 Å². The van der Waals surface area contributed by atoms with Crippen LogP contribution in [0.2, 0.25) is 0 Å². The second-order valence-electron chi connectivity index (χ2n) is 3.91. The lowest BCUT2D eigenvalue weighted by molar-refractivity contribution is -0.00801. The monoisotopic (exact) mass is 172 g/mol. The van der Waals surface area contributed by atoms with Crippen molar-refractivity contribution >= 4 is 9.52 Å². The summed E-state index contributed by atoms with van der Waals surface area (Å²) in [6.45, 7) is 4.28. The van der Waals surface area contributed by atoms with Gasteiger partial charge in [0.25, 0.3) is 0 Å². The summed E-state index contributed by atoms with van der Waals surface area (Å²) in [6.07, 6.45) is 3.89. The van der Waals surface area contributed by atoms with Crippen LogP contribution in [0.3, 0.4) is 0 Å². The molecule has 2 saturated heterocycles. The fourth-order valence-electron chi connectivity index (χ4n) is 1.82. The maximum Gasteiger partial charge on any atom is 0.0964 e. The van der Waals surface area contributed by atoms with Crippen LogP contribution in [0, 0.1) is 0 Å². The highest BCUT2D eigenvalue weighted by Gasteiger charge is 2.36. The molecule has 0 aromatic carbocycles. The third-order valence-corrected chi connectivity index (χ3v) is 4.96. The van der Waals surface area contributed by atoms with Crippen LogP contribution in [0.15, 0.2) is 0 Å². The highest BCUT2D eigenvalue weighted by molar-refractivity contribution is 6.42. The van der Waals surface area contributed by atoms with Crippen LogP contribution in [-0.4, -0.2) is 33.7 Å². The molecule has 0 aliphatic carbocycles. The molecule has 11 heavy (non-hydrogen) atoms. The fraction of sp³-hybridized carbons (Fsp3) is 1.00. The van der Waals surface area contributed by atoms with Gasteiger partial charge in [0.15, 0.2) is 0 Å². The predicted molar refractivity (Wildman–Crippen MR) is 46.5 cm³/mol. The average molecular weight is 172 g/mol. The molecule has 0 N–H and O–H groups in total. The van der Waals surface area contributed by atoms with Gasteiger partial charge in [0.1, 0.15) is 0 Å². The first-order valence-corrected chi connectivity index (χ1v) is 6.06. The smallest absolute Gasteiger partial charge is 0.0964 e. The Hall–Kier alpha value is 0.137. The number of epoxide rings is 1. The summed E-state index contributed by atoms with van der Waals surface area (Å²) in [5.74, 6) is 0. The van der Waals surface area contributed by atoms with E-state index in [2.05, 4.69) is 6.92 Å². The van der Waals surface area contributed by atoms with E-state index in [1.54, 1.807) is 0 Å². The molecule has 2 aliphatic rings. The van der Waals surface area contributed by atoms with E-state index in [0.29, 0.717) is 5.73 Å². The first-order chi connectivity index (χ1) is 5.29. The number of hydrogen-bond acceptors (Lipinski definition) is 2. The molecular weight excluding hydrogens is 156 g/mol. The van der Waals surface area contributed by atoms with Gasteiger partial charge in [-0.05, 0) is 26.2 Å². The molecule has 64 valence electrons. The van der Waals surface area contributed by atoms with Gasteiger partial charge in [0.2, 0.25) is 0 Å². The maximum atomic E-state index is 5.80. The van der Waals surface area contributed by atoms with Gasteiger partial charge >= 0.3 is 0 Å². The molecule has 2 fully saturated rings. The molecule has 2 rings (SSSR count). The van der Waals surface area contributed by atoms with E-state index in [9.17, 15) is 0 Å². The van der Waals surface area contributed by atoms with Crippen molar-refractivity contribution in [2.45, 2.75) is 37.1 Å². The summed E-state index contributed by atoms with van der Waals surface area (Å²) >= 11 is 0. The lowest BCUT2D eigenvalue weighted by Gasteiger charge is -2.33. The van der Waals surface area contributed by atoms with Gasteiger partial charge < -0.3 is 9.47 Å². The highest BCUT2D eigenvalue weighted by atomic mass is 28.2. The highest BCUT2D eigenvalue weighted by Crippen LogP contribution is 2.26. The van der Waals surface area contributed by atoms with Crippen molar-refractivity contribution in [3.63, 3.8) is 0 Å². The molecule has 0 spiro atoms. The van der Waals surface area contributed by atoms with Gasteiger partial charge in [0.05, 0.1) is 27.1 Å². The third kappa shape index (κ3) is 2.04. The Morgan fingerprint density at radius 1 is 1.45 bits per heavy atom. The molecule has 2 aliphatic heterocycles. The summed E-state index contributed by atoms with van der Waals surface area (Å²) in [4.78, 5) is 0. The maximum absolute atomic E-state index is 5.80. The van der Waals surface area contributed by atoms with Crippen LogP contribution in [0.25, 0.3) is 0 Å². The van der Waals surface area contributed by atoms with E-state index in [4.69, 9.17) is 9.47 Å². The first kappa shape index (κ1) is 7.77. The van der Waals surface area contributed by atoms with Gasteiger partial charge in [-0.25, -0.2) is 0 Å². The second-order valence-corrected chi connectivity index (χ2v) is 6.73. The molecular formula is C8H16O2Si. The Bertz CT molecular complexity index is 139. The minimum Gasteiger partial charge on any atom is -0.379 e.